The molecule has 1 aliphatic carbocycles. The van der Waals surface area contributed by atoms with Gasteiger partial charge in [-0.05, 0) is 45.6 Å². The highest BCUT2D eigenvalue weighted by Crippen LogP contribution is 2.29. The second-order valence-electron chi connectivity index (χ2n) is 4.90. The van der Waals surface area contributed by atoms with Crippen molar-refractivity contribution >= 4 is 0 Å². The van der Waals surface area contributed by atoms with Crippen LogP contribution in [0, 0.1) is 5.92 Å². The smallest absolute Gasteiger partial charge is 0.0603 e. The quantitative estimate of drug-likeness (QED) is 0.683. The molecule has 0 spiro atoms. The zero-order chi connectivity index (χ0) is 9.90. The van der Waals surface area contributed by atoms with E-state index in [4.69, 9.17) is 0 Å². The third kappa shape index (κ3) is 5.27. The molecule has 2 heteroatoms. The minimum absolute atomic E-state index is 0.503. The molecule has 1 rings (SSSR count). The molecule has 1 fully saturated rings. The second-order valence-corrected chi connectivity index (χ2v) is 4.90. The van der Waals surface area contributed by atoms with Crippen LogP contribution in [0.2, 0.25) is 0 Å². The Morgan fingerprint density at radius 1 is 1.38 bits per heavy atom. The molecule has 0 heterocycles. The highest BCUT2D eigenvalue weighted by Gasteiger charge is 2.24. The summed E-state index contributed by atoms with van der Waals surface area (Å²) < 4.78 is 0. The summed E-state index contributed by atoms with van der Waals surface area (Å²) in [6.45, 7) is 9.37. The van der Waals surface area contributed by atoms with E-state index < -0.39 is 5.60 Å². The molecule has 0 amide bonds. The molecule has 0 saturated heterocycles. The SMILES string of the molecule is CCN(CCC(C)(C)O)CC1CC1. The maximum Gasteiger partial charge on any atom is 0.0603 e. The lowest BCUT2D eigenvalue weighted by molar-refractivity contribution is 0.0577. The van der Waals surface area contributed by atoms with Gasteiger partial charge in [0.15, 0.2) is 0 Å². The van der Waals surface area contributed by atoms with Crippen LogP contribution in [-0.2, 0) is 0 Å². The van der Waals surface area contributed by atoms with E-state index in [2.05, 4.69) is 11.8 Å². The van der Waals surface area contributed by atoms with Gasteiger partial charge in [-0.3, -0.25) is 0 Å². The predicted molar refractivity (Wildman–Crippen MR) is 55.8 cm³/mol. The molecule has 2 nitrogen and oxygen atoms in total. The van der Waals surface area contributed by atoms with Crippen LogP contribution in [0.4, 0.5) is 0 Å². The van der Waals surface area contributed by atoms with Crippen LogP contribution >= 0.6 is 0 Å². The molecule has 0 radical (unpaired) electrons. The average Bonchev–Trinajstić information content (AvgIpc) is 2.79. The highest BCUT2D eigenvalue weighted by molar-refractivity contribution is 4.78. The Bertz CT molecular complexity index is 147. The van der Waals surface area contributed by atoms with E-state index in [-0.39, 0.29) is 0 Å². The molecular formula is C11H23NO. The van der Waals surface area contributed by atoms with Crippen molar-refractivity contribution in [2.75, 3.05) is 19.6 Å². The van der Waals surface area contributed by atoms with Gasteiger partial charge >= 0.3 is 0 Å². The molecule has 78 valence electrons. The van der Waals surface area contributed by atoms with E-state index in [0.29, 0.717) is 0 Å². The van der Waals surface area contributed by atoms with E-state index in [1.54, 1.807) is 0 Å². The van der Waals surface area contributed by atoms with Gasteiger partial charge in [-0.2, -0.15) is 0 Å². The van der Waals surface area contributed by atoms with Crippen LogP contribution in [0.15, 0.2) is 0 Å². The summed E-state index contributed by atoms with van der Waals surface area (Å²) in [5, 5.41) is 9.59. The molecule has 0 aromatic heterocycles. The number of hydrogen-bond donors (Lipinski definition) is 1. The summed E-state index contributed by atoms with van der Waals surface area (Å²) >= 11 is 0. The molecular weight excluding hydrogens is 162 g/mol. The van der Waals surface area contributed by atoms with Crippen molar-refractivity contribution in [2.45, 2.75) is 45.6 Å². The Morgan fingerprint density at radius 3 is 2.38 bits per heavy atom. The number of aliphatic hydroxyl groups is 1. The summed E-state index contributed by atoms with van der Waals surface area (Å²) in [6, 6.07) is 0. The Morgan fingerprint density at radius 2 is 2.00 bits per heavy atom. The lowest BCUT2D eigenvalue weighted by atomic mass is 10.1. The fourth-order valence-corrected chi connectivity index (χ4v) is 1.48. The van der Waals surface area contributed by atoms with Crippen LogP contribution in [0.25, 0.3) is 0 Å². The lowest BCUT2D eigenvalue weighted by Gasteiger charge is -2.24. The van der Waals surface area contributed by atoms with Gasteiger partial charge < -0.3 is 10.0 Å². The molecule has 0 aliphatic heterocycles. The molecule has 1 N–H and O–H groups in total. The van der Waals surface area contributed by atoms with Crippen LogP contribution in [0.3, 0.4) is 0 Å². The van der Waals surface area contributed by atoms with Gasteiger partial charge in [0.25, 0.3) is 0 Å². The van der Waals surface area contributed by atoms with Crippen LogP contribution in [0.5, 0.6) is 0 Å². The van der Waals surface area contributed by atoms with Crippen molar-refractivity contribution < 1.29 is 5.11 Å². The number of hydrogen-bond acceptors (Lipinski definition) is 2. The first-order valence-electron chi connectivity index (χ1n) is 5.46. The van der Waals surface area contributed by atoms with Gasteiger partial charge in [-0.25, -0.2) is 0 Å². The highest BCUT2D eigenvalue weighted by atomic mass is 16.3. The van der Waals surface area contributed by atoms with Gasteiger partial charge in [0.2, 0.25) is 0 Å². The molecule has 1 saturated carbocycles. The van der Waals surface area contributed by atoms with Gasteiger partial charge in [-0.15, -0.1) is 0 Å². The van der Waals surface area contributed by atoms with E-state index in [1.165, 1.54) is 19.4 Å². The zero-order valence-corrected chi connectivity index (χ0v) is 9.21. The molecule has 0 unspecified atom stereocenters. The zero-order valence-electron chi connectivity index (χ0n) is 9.21. The van der Waals surface area contributed by atoms with Gasteiger partial charge in [-0.1, -0.05) is 6.92 Å². The van der Waals surface area contributed by atoms with Crippen molar-refractivity contribution in [3.8, 4) is 0 Å². The Balaban J connectivity index is 2.14. The first kappa shape index (κ1) is 11.0. The lowest BCUT2D eigenvalue weighted by Crippen LogP contribution is -2.32. The monoisotopic (exact) mass is 185 g/mol. The minimum Gasteiger partial charge on any atom is -0.390 e. The molecule has 0 aromatic rings. The summed E-state index contributed by atoms with van der Waals surface area (Å²) in [5.74, 6) is 0.960. The second kappa shape index (κ2) is 4.43. The maximum absolute atomic E-state index is 9.59. The first-order valence-corrected chi connectivity index (χ1v) is 5.46. The van der Waals surface area contributed by atoms with Gasteiger partial charge in [0, 0.05) is 13.1 Å². The van der Waals surface area contributed by atoms with E-state index in [9.17, 15) is 5.11 Å². The standard InChI is InChI=1S/C11H23NO/c1-4-12(9-10-5-6-10)8-7-11(2,3)13/h10,13H,4-9H2,1-3H3. The van der Waals surface area contributed by atoms with Crippen LogP contribution in [0.1, 0.15) is 40.0 Å². The summed E-state index contributed by atoms with van der Waals surface area (Å²) in [6.07, 6.45) is 3.71. The van der Waals surface area contributed by atoms with Crippen LogP contribution < -0.4 is 0 Å². The van der Waals surface area contributed by atoms with E-state index >= 15 is 0 Å². The predicted octanol–water partition coefficient (Wildman–Crippen LogP) is 1.88. The van der Waals surface area contributed by atoms with Crippen molar-refractivity contribution in [3.63, 3.8) is 0 Å². The Labute approximate surface area is 81.9 Å². The fraction of sp³-hybridized carbons (Fsp3) is 1.00. The molecule has 0 bridgehead atoms. The maximum atomic E-state index is 9.59. The van der Waals surface area contributed by atoms with Crippen molar-refractivity contribution in [1.82, 2.24) is 4.90 Å². The van der Waals surface area contributed by atoms with Crippen molar-refractivity contribution in [3.05, 3.63) is 0 Å². The van der Waals surface area contributed by atoms with Crippen molar-refractivity contribution in [2.24, 2.45) is 5.92 Å². The van der Waals surface area contributed by atoms with Crippen molar-refractivity contribution in [1.29, 1.82) is 0 Å². The summed E-state index contributed by atoms with van der Waals surface area (Å²) in [4.78, 5) is 2.45. The third-order valence-electron chi connectivity index (χ3n) is 2.70. The largest absolute Gasteiger partial charge is 0.390 e. The van der Waals surface area contributed by atoms with Crippen LogP contribution in [-0.4, -0.2) is 35.2 Å². The van der Waals surface area contributed by atoms with E-state index in [1.807, 2.05) is 13.8 Å². The molecule has 0 atom stereocenters. The summed E-state index contributed by atoms with van der Waals surface area (Å²) in [5.41, 5.74) is -0.503. The Hall–Kier alpha value is -0.0800. The minimum atomic E-state index is -0.503. The molecule has 13 heavy (non-hydrogen) atoms. The summed E-state index contributed by atoms with van der Waals surface area (Å²) in [7, 11) is 0. The normalized spacial score (nSPS) is 18.2. The van der Waals surface area contributed by atoms with Gasteiger partial charge in [0.1, 0.15) is 0 Å². The topological polar surface area (TPSA) is 23.5 Å². The van der Waals surface area contributed by atoms with Gasteiger partial charge in [0.05, 0.1) is 5.60 Å². The molecule has 0 aromatic carbocycles. The third-order valence-corrected chi connectivity index (χ3v) is 2.70. The molecule has 1 aliphatic rings. The fourth-order valence-electron chi connectivity index (χ4n) is 1.48. The van der Waals surface area contributed by atoms with E-state index in [0.717, 1.165) is 25.4 Å². The first-order chi connectivity index (χ1) is 6.01. The Kier molecular flexibility index (Phi) is 3.74. The average molecular weight is 185 g/mol. The number of rotatable bonds is 6. The number of nitrogens with zero attached hydrogens (tertiary/aromatic N) is 1.